The number of hydrogen-bond acceptors (Lipinski definition) is 4. The normalized spacial score (nSPS) is 11.5. The smallest absolute Gasteiger partial charge is 0.407 e. The molecule has 20 heavy (non-hydrogen) atoms. The van der Waals surface area contributed by atoms with Crippen LogP contribution in [0.15, 0.2) is 30.3 Å². The number of carbonyl (C=O) groups is 2. The monoisotopic (exact) mass is 279 g/mol. The molecule has 0 aliphatic carbocycles. The van der Waals surface area contributed by atoms with Crippen LogP contribution in [0, 0.1) is 0 Å². The number of ether oxygens (including phenoxy) is 2. The molecule has 1 aromatic carbocycles. The van der Waals surface area contributed by atoms with Gasteiger partial charge in [-0.2, -0.15) is 0 Å². The number of alkyl carbamates (subject to hydrolysis) is 1. The molecule has 110 valence electrons. The quantitative estimate of drug-likeness (QED) is 0.614. The Morgan fingerprint density at radius 3 is 2.55 bits per heavy atom. The molecule has 1 amide bonds. The molecule has 1 aromatic rings. The maximum atomic E-state index is 12.0. The van der Waals surface area contributed by atoms with Gasteiger partial charge in [0.15, 0.2) is 0 Å². The average Bonchev–Trinajstić information content (AvgIpc) is 2.47. The van der Waals surface area contributed by atoms with E-state index in [0.29, 0.717) is 13.0 Å². The Balaban J connectivity index is 2.64. The lowest BCUT2D eigenvalue weighted by atomic mass is 10.1. The SMILES string of the molecule is CCCCOC(=O)[C@H](Cc1ccccc1)NC(=O)OC. The van der Waals surface area contributed by atoms with Crippen LogP contribution >= 0.6 is 0 Å². The number of benzene rings is 1. The highest BCUT2D eigenvalue weighted by Gasteiger charge is 2.22. The third-order valence-corrected chi connectivity index (χ3v) is 2.79. The fourth-order valence-electron chi connectivity index (χ4n) is 1.66. The van der Waals surface area contributed by atoms with Crippen LogP contribution in [-0.2, 0) is 20.7 Å². The molecule has 0 spiro atoms. The van der Waals surface area contributed by atoms with Gasteiger partial charge in [-0.3, -0.25) is 0 Å². The van der Waals surface area contributed by atoms with Gasteiger partial charge in [0, 0.05) is 6.42 Å². The number of esters is 1. The molecule has 1 N–H and O–H groups in total. The molecule has 0 saturated carbocycles. The Morgan fingerprint density at radius 2 is 1.95 bits per heavy atom. The fourth-order valence-corrected chi connectivity index (χ4v) is 1.66. The zero-order valence-corrected chi connectivity index (χ0v) is 11.9. The summed E-state index contributed by atoms with van der Waals surface area (Å²) in [5.74, 6) is -0.437. The van der Waals surface area contributed by atoms with Gasteiger partial charge in [0.1, 0.15) is 6.04 Å². The predicted molar refractivity (Wildman–Crippen MR) is 75.3 cm³/mol. The lowest BCUT2D eigenvalue weighted by molar-refractivity contribution is -0.146. The molecule has 0 aromatic heterocycles. The fraction of sp³-hybridized carbons (Fsp3) is 0.467. The van der Waals surface area contributed by atoms with E-state index in [9.17, 15) is 9.59 Å². The minimum atomic E-state index is -0.735. The largest absolute Gasteiger partial charge is 0.464 e. The summed E-state index contributed by atoms with van der Waals surface area (Å²) in [6, 6.07) is 8.71. The summed E-state index contributed by atoms with van der Waals surface area (Å²) < 4.78 is 9.69. The lowest BCUT2D eigenvalue weighted by Gasteiger charge is -2.17. The standard InChI is InChI=1S/C15H21NO4/c1-3-4-10-20-14(17)13(16-15(18)19-2)11-12-8-6-5-7-9-12/h5-9,13H,3-4,10-11H2,1-2H3,(H,16,18)/t13-/m0/s1. The number of methoxy groups -OCH3 is 1. The molecule has 0 aliphatic heterocycles. The van der Waals surface area contributed by atoms with Gasteiger partial charge >= 0.3 is 12.1 Å². The molecule has 0 heterocycles. The van der Waals surface area contributed by atoms with Gasteiger partial charge in [-0.1, -0.05) is 43.7 Å². The molecule has 0 saturated heterocycles. The van der Waals surface area contributed by atoms with E-state index in [1.807, 2.05) is 37.3 Å². The van der Waals surface area contributed by atoms with Crippen LogP contribution in [0.5, 0.6) is 0 Å². The Labute approximate surface area is 119 Å². The third-order valence-electron chi connectivity index (χ3n) is 2.79. The van der Waals surface area contributed by atoms with Crippen molar-refractivity contribution in [3.8, 4) is 0 Å². The Morgan fingerprint density at radius 1 is 1.25 bits per heavy atom. The summed E-state index contributed by atoms with van der Waals surface area (Å²) in [6.07, 6.45) is 1.49. The second-order valence-electron chi connectivity index (χ2n) is 4.40. The molecule has 5 heteroatoms. The molecule has 0 unspecified atom stereocenters. The van der Waals surface area contributed by atoms with E-state index in [0.717, 1.165) is 18.4 Å². The molecule has 0 fully saturated rings. The van der Waals surface area contributed by atoms with Gasteiger partial charge in [-0.15, -0.1) is 0 Å². The average molecular weight is 279 g/mol. The van der Waals surface area contributed by atoms with Gasteiger partial charge < -0.3 is 14.8 Å². The van der Waals surface area contributed by atoms with E-state index in [2.05, 4.69) is 10.1 Å². The van der Waals surface area contributed by atoms with Gasteiger partial charge in [0.05, 0.1) is 13.7 Å². The highest BCUT2D eigenvalue weighted by Crippen LogP contribution is 2.05. The van der Waals surface area contributed by atoms with Crippen LogP contribution in [0.4, 0.5) is 4.79 Å². The van der Waals surface area contributed by atoms with E-state index >= 15 is 0 Å². The number of unbranched alkanes of at least 4 members (excludes halogenated alkanes) is 1. The van der Waals surface area contributed by atoms with Gasteiger partial charge in [0.25, 0.3) is 0 Å². The number of nitrogens with one attached hydrogen (secondary N) is 1. The molecule has 5 nitrogen and oxygen atoms in total. The second kappa shape index (κ2) is 8.96. The van der Waals surface area contributed by atoms with Crippen LogP contribution in [0.1, 0.15) is 25.3 Å². The number of amides is 1. The zero-order valence-electron chi connectivity index (χ0n) is 11.9. The van der Waals surface area contributed by atoms with Crippen LogP contribution in [-0.4, -0.2) is 31.8 Å². The van der Waals surface area contributed by atoms with Crippen molar-refractivity contribution in [1.82, 2.24) is 5.32 Å². The van der Waals surface area contributed by atoms with Crippen LogP contribution < -0.4 is 5.32 Å². The highest BCUT2D eigenvalue weighted by molar-refractivity contribution is 5.81. The minimum absolute atomic E-state index is 0.365. The first kappa shape index (κ1) is 16.0. The first-order chi connectivity index (χ1) is 9.67. The summed E-state index contributed by atoms with van der Waals surface area (Å²) in [7, 11) is 1.26. The van der Waals surface area contributed by atoms with E-state index in [4.69, 9.17) is 4.74 Å². The topological polar surface area (TPSA) is 64.6 Å². The zero-order chi connectivity index (χ0) is 14.8. The molecule has 0 aliphatic rings. The lowest BCUT2D eigenvalue weighted by Crippen LogP contribution is -2.43. The minimum Gasteiger partial charge on any atom is -0.464 e. The molecule has 0 bridgehead atoms. The van der Waals surface area contributed by atoms with Crippen molar-refractivity contribution in [2.75, 3.05) is 13.7 Å². The first-order valence-corrected chi connectivity index (χ1v) is 6.72. The van der Waals surface area contributed by atoms with Gasteiger partial charge in [0.2, 0.25) is 0 Å². The van der Waals surface area contributed by atoms with Crippen molar-refractivity contribution in [1.29, 1.82) is 0 Å². The Bertz CT molecular complexity index is 419. The van der Waals surface area contributed by atoms with Crippen LogP contribution in [0.25, 0.3) is 0 Å². The van der Waals surface area contributed by atoms with E-state index in [-0.39, 0.29) is 0 Å². The van der Waals surface area contributed by atoms with Crippen molar-refractivity contribution in [2.45, 2.75) is 32.2 Å². The Kier molecular flexibility index (Phi) is 7.17. The third kappa shape index (κ3) is 5.73. The summed E-state index contributed by atoms with van der Waals surface area (Å²) in [5.41, 5.74) is 0.946. The van der Waals surface area contributed by atoms with Gasteiger partial charge in [-0.05, 0) is 12.0 Å². The van der Waals surface area contributed by atoms with Crippen molar-refractivity contribution in [2.24, 2.45) is 0 Å². The van der Waals surface area contributed by atoms with E-state index in [1.165, 1.54) is 7.11 Å². The summed E-state index contributed by atoms with van der Waals surface area (Å²) >= 11 is 0. The first-order valence-electron chi connectivity index (χ1n) is 6.72. The number of hydrogen-bond donors (Lipinski definition) is 1. The summed E-state index contributed by atoms with van der Waals surface area (Å²) in [6.45, 7) is 2.38. The molecule has 0 radical (unpaired) electrons. The second-order valence-corrected chi connectivity index (χ2v) is 4.40. The molecular formula is C15H21NO4. The summed E-state index contributed by atoms with van der Waals surface area (Å²) in [4.78, 5) is 23.3. The Hall–Kier alpha value is -2.04. The summed E-state index contributed by atoms with van der Waals surface area (Å²) in [5, 5.41) is 2.51. The molecule has 1 rings (SSSR count). The van der Waals surface area contributed by atoms with Crippen molar-refractivity contribution in [3.63, 3.8) is 0 Å². The maximum Gasteiger partial charge on any atom is 0.407 e. The van der Waals surface area contributed by atoms with Crippen molar-refractivity contribution >= 4 is 12.1 Å². The predicted octanol–water partition coefficient (Wildman–Crippen LogP) is 2.30. The molecular weight excluding hydrogens is 258 g/mol. The highest BCUT2D eigenvalue weighted by atomic mass is 16.5. The molecule has 1 atom stereocenters. The number of carbonyl (C=O) groups excluding carboxylic acids is 2. The van der Waals surface area contributed by atoms with E-state index in [1.54, 1.807) is 0 Å². The van der Waals surface area contributed by atoms with Crippen LogP contribution in [0.2, 0.25) is 0 Å². The van der Waals surface area contributed by atoms with E-state index < -0.39 is 18.1 Å². The van der Waals surface area contributed by atoms with Crippen molar-refractivity contribution in [3.05, 3.63) is 35.9 Å². The van der Waals surface area contributed by atoms with Crippen molar-refractivity contribution < 1.29 is 19.1 Å². The maximum absolute atomic E-state index is 12.0. The van der Waals surface area contributed by atoms with Crippen LogP contribution in [0.3, 0.4) is 0 Å². The van der Waals surface area contributed by atoms with Gasteiger partial charge in [-0.25, -0.2) is 9.59 Å². The number of rotatable bonds is 7.